The minimum absolute atomic E-state index is 0.148. The summed E-state index contributed by atoms with van der Waals surface area (Å²) >= 11 is 1.56. The number of benzene rings is 2. The van der Waals surface area contributed by atoms with Crippen molar-refractivity contribution in [3.63, 3.8) is 0 Å². The van der Waals surface area contributed by atoms with E-state index in [-0.39, 0.29) is 31.0 Å². The van der Waals surface area contributed by atoms with E-state index in [4.69, 9.17) is 14.7 Å². The Hall–Kier alpha value is -2.62. The van der Waals surface area contributed by atoms with Crippen LogP contribution in [0.3, 0.4) is 0 Å². The van der Waals surface area contributed by atoms with E-state index in [1.807, 2.05) is 61.5 Å². The summed E-state index contributed by atoms with van der Waals surface area (Å²) in [5.74, 6) is 0.862. The lowest BCUT2D eigenvalue weighted by Gasteiger charge is -2.31. The standard InChI is InChI=1S/C26H31NO4S/c1-25(2,20-32-15-14-28)18-30-19-26(3,23-11-7-10-21(16-23)12-13-27)24(29)31-17-22-8-5-4-6-9-22/h4-11,14,16H,12,15,17-20H2,1-3H3. The number of hydrogen-bond donors (Lipinski definition) is 0. The summed E-state index contributed by atoms with van der Waals surface area (Å²) in [6.45, 7) is 6.74. The molecule has 0 spiro atoms. The predicted octanol–water partition coefficient (Wildman–Crippen LogP) is 4.73. The lowest BCUT2D eigenvalue weighted by Crippen LogP contribution is -2.40. The Morgan fingerprint density at radius 2 is 1.78 bits per heavy atom. The number of hydrogen-bond acceptors (Lipinski definition) is 6. The van der Waals surface area contributed by atoms with Gasteiger partial charge in [0.05, 0.1) is 25.7 Å². The molecule has 0 aliphatic carbocycles. The molecular weight excluding hydrogens is 422 g/mol. The van der Waals surface area contributed by atoms with Crippen molar-refractivity contribution in [2.45, 2.75) is 39.2 Å². The highest BCUT2D eigenvalue weighted by molar-refractivity contribution is 7.99. The van der Waals surface area contributed by atoms with Crippen molar-refractivity contribution in [1.82, 2.24) is 0 Å². The number of ether oxygens (including phenoxy) is 2. The second kappa shape index (κ2) is 12.4. The van der Waals surface area contributed by atoms with E-state index in [9.17, 15) is 9.59 Å². The number of nitrogens with zero attached hydrogens (tertiary/aromatic N) is 1. The van der Waals surface area contributed by atoms with Crippen LogP contribution in [-0.4, -0.2) is 37.0 Å². The minimum Gasteiger partial charge on any atom is -0.460 e. The van der Waals surface area contributed by atoms with Crippen LogP contribution in [0.2, 0.25) is 0 Å². The van der Waals surface area contributed by atoms with Crippen molar-refractivity contribution in [1.29, 1.82) is 5.26 Å². The van der Waals surface area contributed by atoms with Gasteiger partial charge in [0.2, 0.25) is 0 Å². The van der Waals surface area contributed by atoms with Crippen LogP contribution in [0.25, 0.3) is 0 Å². The van der Waals surface area contributed by atoms with Gasteiger partial charge in [0.1, 0.15) is 18.3 Å². The van der Waals surface area contributed by atoms with Crippen molar-refractivity contribution in [3.8, 4) is 6.07 Å². The summed E-state index contributed by atoms with van der Waals surface area (Å²) < 4.78 is 11.7. The lowest BCUT2D eigenvalue weighted by molar-refractivity contribution is -0.154. The van der Waals surface area contributed by atoms with E-state index in [0.717, 1.165) is 28.7 Å². The third-order valence-electron chi connectivity index (χ3n) is 5.07. The van der Waals surface area contributed by atoms with E-state index in [1.165, 1.54) is 0 Å². The maximum absolute atomic E-state index is 13.3. The number of nitriles is 1. The predicted molar refractivity (Wildman–Crippen MR) is 127 cm³/mol. The van der Waals surface area contributed by atoms with E-state index in [1.54, 1.807) is 11.8 Å². The largest absolute Gasteiger partial charge is 0.460 e. The van der Waals surface area contributed by atoms with Crippen LogP contribution in [0.15, 0.2) is 54.6 Å². The highest BCUT2D eigenvalue weighted by Gasteiger charge is 2.38. The minimum atomic E-state index is -1.02. The van der Waals surface area contributed by atoms with Gasteiger partial charge in [-0.25, -0.2) is 0 Å². The second-order valence-electron chi connectivity index (χ2n) is 8.77. The van der Waals surface area contributed by atoms with Crippen LogP contribution in [0, 0.1) is 16.7 Å². The van der Waals surface area contributed by atoms with Gasteiger partial charge in [-0.1, -0.05) is 68.4 Å². The van der Waals surface area contributed by atoms with Gasteiger partial charge < -0.3 is 14.3 Å². The maximum Gasteiger partial charge on any atom is 0.318 e. The van der Waals surface area contributed by atoms with Crippen molar-refractivity contribution < 1.29 is 19.1 Å². The first-order valence-corrected chi connectivity index (χ1v) is 11.7. The monoisotopic (exact) mass is 453 g/mol. The molecular formula is C26H31NO4S. The Kier molecular flexibility index (Phi) is 9.96. The number of aldehydes is 1. The van der Waals surface area contributed by atoms with Crippen LogP contribution >= 0.6 is 11.8 Å². The van der Waals surface area contributed by atoms with Gasteiger partial charge in [0, 0.05) is 11.5 Å². The quantitative estimate of drug-likeness (QED) is 0.248. The number of rotatable bonds is 13. The second-order valence-corrected chi connectivity index (χ2v) is 9.80. The fourth-order valence-corrected chi connectivity index (χ4v) is 4.06. The number of carbonyl (C=O) groups excluding carboxylic acids is 2. The fourth-order valence-electron chi connectivity index (χ4n) is 3.21. The van der Waals surface area contributed by atoms with Crippen molar-refractivity contribution >= 4 is 24.0 Å². The third kappa shape index (κ3) is 7.81. The highest BCUT2D eigenvalue weighted by Crippen LogP contribution is 2.29. The molecule has 2 aromatic rings. The summed E-state index contributed by atoms with van der Waals surface area (Å²) in [5.41, 5.74) is 1.35. The van der Waals surface area contributed by atoms with Crippen LogP contribution < -0.4 is 0 Å². The summed E-state index contributed by atoms with van der Waals surface area (Å²) in [7, 11) is 0. The van der Waals surface area contributed by atoms with Gasteiger partial charge in [-0.3, -0.25) is 4.79 Å². The number of esters is 1. The van der Waals surface area contributed by atoms with Gasteiger partial charge in [-0.2, -0.15) is 17.0 Å². The van der Waals surface area contributed by atoms with Crippen LogP contribution in [0.4, 0.5) is 0 Å². The van der Waals surface area contributed by atoms with Crippen molar-refractivity contribution in [2.75, 3.05) is 24.7 Å². The molecule has 2 aromatic carbocycles. The molecule has 5 nitrogen and oxygen atoms in total. The molecule has 170 valence electrons. The van der Waals surface area contributed by atoms with Crippen LogP contribution in [-0.2, 0) is 37.5 Å². The molecule has 0 heterocycles. The van der Waals surface area contributed by atoms with Crippen LogP contribution in [0.1, 0.15) is 37.5 Å². The molecule has 6 heteroatoms. The summed E-state index contributed by atoms with van der Waals surface area (Å²) in [5, 5.41) is 9.06. The first-order valence-electron chi connectivity index (χ1n) is 10.6. The average Bonchev–Trinajstić information content (AvgIpc) is 2.78. The number of carbonyl (C=O) groups is 2. The summed E-state index contributed by atoms with van der Waals surface area (Å²) in [4.78, 5) is 23.8. The van der Waals surface area contributed by atoms with Gasteiger partial charge in [0.25, 0.3) is 0 Å². The molecule has 0 aromatic heterocycles. The fraction of sp³-hybridized carbons (Fsp3) is 0.423. The maximum atomic E-state index is 13.3. The average molecular weight is 454 g/mol. The van der Waals surface area contributed by atoms with E-state index in [2.05, 4.69) is 19.9 Å². The molecule has 0 aliphatic rings. The zero-order valence-corrected chi connectivity index (χ0v) is 19.8. The zero-order valence-electron chi connectivity index (χ0n) is 19.0. The Bertz CT molecular complexity index is 923. The molecule has 1 unspecified atom stereocenters. The lowest BCUT2D eigenvalue weighted by atomic mass is 9.82. The molecule has 0 bridgehead atoms. The van der Waals surface area contributed by atoms with Crippen molar-refractivity contribution in [3.05, 3.63) is 71.3 Å². The Morgan fingerprint density at radius 1 is 1.06 bits per heavy atom. The van der Waals surface area contributed by atoms with E-state index < -0.39 is 5.41 Å². The Labute approximate surface area is 195 Å². The van der Waals surface area contributed by atoms with E-state index in [0.29, 0.717) is 12.4 Å². The van der Waals surface area contributed by atoms with E-state index >= 15 is 0 Å². The SMILES string of the molecule is CC(C)(COCC(C)(C(=O)OCc1ccccc1)c1cccc(CC#N)c1)CSCC=O. The Morgan fingerprint density at radius 3 is 2.47 bits per heavy atom. The van der Waals surface area contributed by atoms with Gasteiger partial charge in [0.15, 0.2) is 0 Å². The normalized spacial score (nSPS) is 13.1. The molecule has 0 saturated heterocycles. The van der Waals surface area contributed by atoms with Crippen LogP contribution in [0.5, 0.6) is 0 Å². The first kappa shape index (κ1) is 25.6. The smallest absolute Gasteiger partial charge is 0.318 e. The highest BCUT2D eigenvalue weighted by atomic mass is 32.2. The Balaban J connectivity index is 2.16. The molecule has 0 amide bonds. The number of thioether (sulfide) groups is 1. The third-order valence-corrected chi connectivity index (χ3v) is 6.43. The summed E-state index contributed by atoms with van der Waals surface area (Å²) in [6.07, 6.45) is 1.17. The molecule has 0 fully saturated rings. The molecule has 0 N–H and O–H groups in total. The molecule has 0 aliphatic heterocycles. The van der Waals surface area contributed by atoms with Crippen molar-refractivity contribution in [2.24, 2.45) is 5.41 Å². The molecule has 0 radical (unpaired) electrons. The molecule has 2 rings (SSSR count). The first-order chi connectivity index (χ1) is 15.3. The summed E-state index contributed by atoms with van der Waals surface area (Å²) in [6, 6.07) is 19.2. The topological polar surface area (TPSA) is 76.4 Å². The van der Waals surface area contributed by atoms with Gasteiger partial charge >= 0.3 is 5.97 Å². The molecule has 32 heavy (non-hydrogen) atoms. The van der Waals surface area contributed by atoms with Gasteiger partial charge in [-0.05, 0) is 29.0 Å². The molecule has 1 atom stereocenters. The van der Waals surface area contributed by atoms with Gasteiger partial charge in [-0.15, -0.1) is 0 Å². The molecule has 0 saturated carbocycles. The zero-order chi connectivity index (χ0) is 23.5.